The normalized spacial score (nSPS) is 12.2. The maximum absolute atomic E-state index is 11.2. The van der Waals surface area contributed by atoms with Crippen LogP contribution in [0.2, 0.25) is 0 Å². The first kappa shape index (κ1) is 12.8. The van der Waals surface area contributed by atoms with Crippen LogP contribution >= 0.6 is 11.6 Å². The Hall–Kier alpha value is -1.22. The van der Waals surface area contributed by atoms with E-state index in [1.54, 1.807) is 0 Å². The lowest BCUT2D eigenvalue weighted by Gasteiger charge is -2.13. The molecule has 1 atom stereocenters. The number of benzene rings is 1. The molecule has 3 nitrogen and oxygen atoms in total. The molecule has 0 saturated carbocycles. The minimum atomic E-state index is -0.738. The molecule has 0 aliphatic rings. The van der Waals surface area contributed by atoms with Crippen molar-refractivity contribution in [3.8, 4) is 0 Å². The van der Waals surface area contributed by atoms with Crippen LogP contribution in [0.25, 0.3) is 0 Å². The Morgan fingerprint density at radius 1 is 1.31 bits per heavy atom. The summed E-state index contributed by atoms with van der Waals surface area (Å²) >= 11 is 5.77. The Labute approximate surface area is 100 Å². The van der Waals surface area contributed by atoms with Crippen LogP contribution in [0.4, 0.5) is 4.79 Å². The van der Waals surface area contributed by atoms with Crippen LogP contribution in [-0.4, -0.2) is 11.7 Å². The second-order valence-corrected chi connectivity index (χ2v) is 4.17. The van der Waals surface area contributed by atoms with Gasteiger partial charge in [0.05, 0.1) is 0 Å². The molecule has 16 heavy (non-hydrogen) atoms. The number of halogens is 1. The smallest absolute Gasteiger partial charge is 0.429 e. The highest BCUT2D eigenvalue weighted by Crippen LogP contribution is 2.12. The number of alkyl halides is 1. The van der Waals surface area contributed by atoms with E-state index in [0.29, 0.717) is 0 Å². The molecule has 0 bridgehead atoms. The van der Waals surface area contributed by atoms with Crippen molar-refractivity contribution in [1.29, 1.82) is 0 Å². The highest BCUT2D eigenvalue weighted by molar-refractivity contribution is 6.20. The van der Waals surface area contributed by atoms with E-state index in [0.717, 1.165) is 5.56 Å². The van der Waals surface area contributed by atoms with Crippen molar-refractivity contribution in [2.24, 2.45) is 5.92 Å². The van der Waals surface area contributed by atoms with Crippen molar-refractivity contribution in [1.82, 2.24) is 0 Å². The van der Waals surface area contributed by atoms with Gasteiger partial charge < -0.3 is 9.47 Å². The highest BCUT2D eigenvalue weighted by Gasteiger charge is 2.15. The number of hydrogen-bond donors (Lipinski definition) is 0. The van der Waals surface area contributed by atoms with Gasteiger partial charge >= 0.3 is 6.16 Å². The first-order valence-corrected chi connectivity index (χ1v) is 5.54. The Kier molecular flexibility index (Phi) is 5.12. The van der Waals surface area contributed by atoms with E-state index in [1.165, 1.54) is 0 Å². The molecule has 0 saturated heterocycles. The fourth-order valence-corrected chi connectivity index (χ4v) is 1.05. The van der Waals surface area contributed by atoms with Gasteiger partial charge in [-0.15, -0.1) is 0 Å². The Balaban J connectivity index is 2.31. The lowest BCUT2D eigenvalue weighted by molar-refractivity contribution is 0.0303. The fourth-order valence-electron chi connectivity index (χ4n) is 0.979. The number of carbonyl (C=O) groups excluding carboxylic acids is 1. The molecular formula is C12H15ClO3. The van der Waals surface area contributed by atoms with Crippen molar-refractivity contribution >= 4 is 17.8 Å². The highest BCUT2D eigenvalue weighted by atomic mass is 35.5. The minimum absolute atomic E-state index is 0.0611. The quantitative estimate of drug-likeness (QED) is 0.598. The van der Waals surface area contributed by atoms with E-state index in [9.17, 15) is 4.79 Å². The Bertz CT molecular complexity index is 324. The molecule has 0 heterocycles. The maximum atomic E-state index is 11.2. The van der Waals surface area contributed by atoms with Gasteiger partial charge in [-0.25, -0.2) is 4.79 Å². The first-order chi connectivity index (χ1) is 7.59. The molecule has 0 aliphatic heterocycles. The molecule has 0 aromatic heterocycles. The van der Waals surface area contributed by atoms with E-state index in [1.807, 2.05) is 44.2 Å². The topological polar surface area (TPSA) is 35.5 Å². The van der Waals surface area contributed by atoms with E-state index in [2.05, 4.69) is 0 Å². The number of ether oxygens (including phenoxy) is 2. The molecule has 1 aromatic carbocycles. The molecule has 0 unspecified atom stereocenters. The van der Waals surface area contributed by atoms with Crippen LogP contribution in [-0.2, 0) is 16.1 Å². The maximum Gasteiger partial charge on any atom is 0.510 e. The second-order valence-electron chi connectivity index (χ2n) is 3.74. The van der Waals surface area contributed by atoms with Gasteiger partial charge in [0.25, 0.3) is 0 Å². The summed E-state index contributed by atoms with van der Waals surface area (Å²) < 4.78 is 9.74. The Morgan fingerprint density at radius 3 is 2.50 bits per heavy atom. The first-order valence-electron chi connectivity index (χ1n) is 5.11. The third-order valence-corrected chi connectivity index (χ3v) is 2.53. The Morgan fingerprint density at radius 2 is 1.94 bits per heavy atom. The summed E-state index contributed by atoms with van der Waals surface area (Å²) in [4.78, 5) is 11.2. The fraction of sp³-hybridized carbons (Fsp3) is 0.417. The zero-order valence-corrected chi connectivity index (χ0v) is 10.1. The van der Waals surface area contributed by atoms with E-state index in [-0.39, 0.29) is 12.5 Å². The van der Waals surface area contributed by atoms with Crippen LogP contribution in [0.1, 0.15) is 19.4 Å². The minimum Gasteiger partial charge on any atom is -0.429 e. The van der Waals surface area contributed by atoms with Crippen molar-refractivity contribution in [3.05, 3.63) is 35.9 Å². The molecule has 0 fully saturated rings. The summed E-state index contributed by atoms with van der Waals surface area (Å²) in [5.74, 6) is 0.0611. The van der Waals surface area contributed by atoms with Crippen molar-refractivity contribution < 1.29 is 14.3 Å². The van der Waals surface area contributed by atoms with Gasteiger partial charge in [-0.1, -0.05) is 55.8 Å². The third kappa shape index (κ3) is 4.53. The third-order valence-electron chi connectivity index (χ3n) is 1.93. The summed E-state index contributed by atoms with van der Waals surface area (Å²) in [5, 5.41) is 0. The van der Waals surface area contributed by atoms with Crippen LogP contribution in [0.15, 0.2) is 30.3 Å². The van der Waals surface area contributed by atoms with Gasteiger partial charge in [0.1, 0.15) is 6.61 Å². The molecule has 0 amide bonds. The molecule has 0 aliphatic carbocycles. The molecule has 1 rings (SSSR count). The van der Waals surface area contributed by atoms with Gasteiger partial charge in [0, 0.05) is 5.92 Å². The van der Waals surface area contributed by atoms with Crippen molar-refractivity contribution in [3.63, 3.8) is 0 Å². The summed E-state index contributed by atoms with van der Waals surface area (Å²) in [7, 11) is 0. The predicted molar refractivity (Wildman–Crippen MR) is 62.2 cm³/mol. The van der Waals surface area contributed by atoms with Crippen molar-refractivity contribution in [2.45, 2.75) is 26.0 Å². The van der Waals surface area contributed by atoms with Gasteiger partial charge in [0.15, 0.2) is 5.56 Å². The van der Waals surface area contributed by atoms with Crippen LogP contribution in [0, 0.1) is 5.92 Å². The zero-order chi connectivity index (χ0) is 12.0. The number of rotatable bonds is 4. The lowest BCUT2D eigenvalue weighted by Crippen LogP contribution is -2.18. The van der Waals surface area contributed by atoms with Gasteiger partial charge in [-0.3, -0.25) is 0 Å². The van der Waals surface area contributed by atoms with Gasteiger partial charge in [-0.2, -0.15) is 0 Å². The largest absolute Gasteiger partial charge is 0.510 e. The van der Waals surface area contributed by atoms with Gasteiger partial charge in [0.2, 0.25) is 0 Å². The van der Waals surface area contributed by atoms with Crippen LogP contribution < -0.4 is 0 Å². The monoisotopic (exact) mass is 242 g/mol. The van der Waals surface area contributed by atoms with Crippen LogP contribution in [0.3, 0.4) is 0 Å². The van der Waals surface area contributed by atoms with E-state index >= 15 is 0 Å². The lowest BCUT2D eigenvalue weighted by atomic mass is 10.2. The predicted octanol–water partition coefficient (Wildman–Crippen LogP) is 3.56. The molecule has 0 N–H and O–H groups in total. The molecular weight excluding hydrogens is 228 g/mol. The number of hydrogen-bond acceptors (Lipinski definition) is 3. The summed E-state index contributed by atoms with van der Waals surface area (Å²) in [6.45, 7) is 3.92. The summed E-state index contributed by atoms with van der Waals surface area (Å²) in [6.07, 6.45) is -0.738. The SMILES string of the molecule is CC(C)[C@@H](Cl)OC(=O)OCc1ccccc1. The van der Waals surface area contributed by atoms with Crippen LogP contribution in [0.5, 0.6) is 0 Å². The summed E-state index contributed by atoms with van der Waals surface area (Å²) in [6, 6.07) is 9.39. The average molecular weight is 243 g/mol. The zero-order valence-electron chi connectivity index (χ0n) is 9.35. The molecule has 88 valence electrons. The standard InChI is InChI=1S/C12H15ClO3/c1-9(2)11(13)16-12(14)15-8-10-6-4-3-5-7-10/h3-7,9,11H,8H2,1-2H3/t11-/m0/s1. The van der Waals surface area contributed by atoms with Gasteiger partial charge in [-0.05, 0) is 5.56 Å². The molecule has 1 aromatic rings. The summed E-state index contributed by atoms with van der Waals surface area (Å²) in [5.41, 5.74) is 0.262. The second kappa shape index (κ2) is 6.38. The van der Waals surface area contributed by atoms with E-state index < -0.39 is 11.7 Å². The van der Waals surface area contributed by atoms with E-state index in [4.69, 9.17) is 21.1 Å². The average Bonchev–Trinajstić information content (AvgIpc) is 2.27. The molecule has 4 heteroatoms. The van der Waals surface area contributed by atoms with Crippen molar-refractivity contribution in [2.75, 3.05) is 0 Å². The molecule has 0 radical (unpaired) electrons. The molecule has 0 spiro atoms. The number of carbonyl (C=O) groups is 1.